The Morgan fingerprint density at radius 3 is 2.76 bits per heavy atom. The lowest BCUT2D eigenvalue weighted by Gasteiger charge is -2.16. The number of rotatable bonds is 4. The molecule has 0 heterocycles. The summed E-state index contributed by atoms with van der Waals surface area (Å²) in [5, 5.41) is 0. The Hall–Kier alpha value is -2.09. The molecule has 0 fully saturated rings. The minimum atomic E-state index is -0.355. The van der Waals surface area contributed by atoms with E-state index in [9.17, 15) is 4.79 Å². The minimum Gasteiger partial charge on any atom is -0.465 e. The van der Waals surface area contributed by atoms with Crippen LogP contribution in [0.15, 0.2) is 42.5 Å². The summed E-state index contributed by atoms with van der Waals surface area (Å²) in [7, 11) is 1.38. The van der Waals surface area contributed by atoms with Gasteiger partial charge in [-0.3, -0.25) is 0 Å². The van der Waals surface area contributed by atoms with Crippen LogP contribution in [-0.2, 0) is 9.53 Å². The zero-order valence-corrected chi connectivity index (χ0v) is 12.8. The number of methoxy groups -OCH3 is 1. The number of ether oxygens (including phenoxy) is 1. The van der Waals surface area contributed by atoms with Crippen molar-refractivity contribution in [3.05, 3.63) is 59.2 Å². The van der Waals surface area contributed by atoms with E-state index in [1.807, 2.05) is 18.2 Å². The Kier molecular flexibility index (Phi) is 5.15. The van der Waals surface area contributed by atoms with Crippen LogP contribution < -0.4 is 0 Å². The molecular formula is C19H22O2. The van der Waals surface area contributed by atoms with Crippen molar-refractivity contribution in [3.63, 3.8) is 0 Å². The van der Waals surface area contributed by atoms with Gasteiger partial charge in [-0.2, -0.15) is 0 Å². The second kappa shape index (κ2) is 7.07. The van der Waals surface area contributed by atoms with E-state index in [1.54, 1.807) is 0 Å². The summed E-state index contributed by atoms with van der Waals surface area (Å²) < 4.78 is 4.77. The Labute approximate surface area is 126 Å². The van der Waals surface area contributed by atoms with Crippen molar-refractivity contribution >= 4 is 17.6 Å². The molecule has 0 radical (unpaired) electrons. The lowest BCUT2D eigenvalue weighted by atomic mass is 9.89. The van der Waals surface area contributed by atoms with Crippen molar-refractivity contribution < 1.29 is 9.53 Å². The van der Waals surface area contributed by atoms with Crippen molar-refractivity contribution in [2.24, 2.45) is 0 Å². The summed E-state index contributed by atoms with van der Waals surface area (Å²) >= 11 is 0. The fourth-order valence-electron chi connectivity index (χ4n) is 2.73. The SMILES string of the molecule is C=C/C(=C\c1cccc(C2=CCCCC2)c1C)C(=O)OC. The molecule has 2 nitrogen and oxygen atoms in total. The van der Waals surface area contributed by atoms with Gasteiger partial charge in [0, 0.05) is 0 Å². The van der Waals surface area contributed by atoms with Gasteiger partial charge in [0.2, 0.25) is 0 Å². The second-order valence-electron chi connectivity index (χ2n) is 5.29. The van der Waals surface area contributed by atoms with Gasteiger partial charge < -0.3 is 4.74 Å². The highest BCUT2D eigenvalue weighted by molar-refractivity contribution is 5.96. The highest BCUT2D eigenvalue weighted by Gasteiger charge is 2.12. The Morgan fingerprint density at radius 1 is 1.33 bits per heavy atom. The molecule has 0 saturated heterocycles. The first-order valence-corrected chi connectivity index (χ1v) is 7.39. The van der Waals surface area contributed by atoms with Gasteiger partial charge in [0.05, 0.1) is 12.7 Å². The molecule has 0 unspecified atom stereocenters. The zero-order valence-electron chi connectivity index (χ0n) is 12.8. The summed E-state index contributed by atoms with van der Waals surface area (Å²) in [4.78, 5) is 11.7. The number of hydrogen-bond acceptors (Lipinski definition) is 2. The number of benzene rings is 1. The third kappa shape index (κ3) is 3.52. The van der Waals surface area contributed by atoms with Gasteiger partial charge in [-0.25, -0.2) is 4.79 Å². The van der Waals surface area contributed by atoms with Crippen LogP contribution in [0.25, 0.3) is 11.6 Å². The summed E-state index contributed by atoms with van der Waals surface area (Å²) in [5.74, 6) is -0.355. The molecule has 110 valence electrons. The van der Waals surface area contributed by atoms with Crippen molar-refractivity contribution in [3.8, 4) is 0 Å². The van der Waals surface area contributed by atoms with Gasteiger partial charge in [-0.1, -0.05) is 36.9 Å². The Morgan fingerprint density at radius 2 is 2.14 bits per heavy atom. The van der Waals surface area contributed by atoms with Gasteiger partial charge in [0.25, 0.3) is 0 Å². The van der Waals surface area contributed by atoms with Gasteiger partial charge in [0.15, 0.2) is 0 Å². The summed E-state index contributed by atoms with van der Waals surface area (Å²) in [6, 6.07) is 6.23. The maximum atomic E-state index is 11.7. The first-order valence-electron chi connectivity index (χ1n) is 7.39. The number of hydrogen-bond donors (Lipinski definition) is 0. The molecule has 2 rings (SSSR count). The number of carbonyl (C=O) groups excluding carboxylic acids is 1. The number of esters is 1. The van der Waals surface area contributed by atoms with Crippen LogP contribution in [0.2, 0.25) is 0 Å². The third-order valence-electron chi connectivity index (χ3n) is 3.96. The normalized spacial score (nSPS) is 15.3. The molecule has 1 aliphatic carbocycles. The first-order chi connectivity index (χ1) is 10.2. The average molecular weight is 282 g/mol. The largest absolute Gasteiger partial charge is 0.465 e. The van der Waals surface area contributed by atoms with Crippen molar-refractivity contribution in [1.82, 2.24) is 0 Å². The molecule has 1 aliphatic rings. The number of carbonyl (C=O) groups is 1. The van der Waals surface area contributed by atoms with E-state index < -0.39 is 0 Å². The quantitative estimate of drug-likeness (QED) is 0.455. The standard InChI is InChI=1S/C19H22O2/c1-4-15(19(20)21-3)13-17-11-8-12-18(14(17)2)16-9-6-5-7-10-16/h4,8-9,11-13H,1,5-7,10H2,2-3H3/b15-13+. The van der Waals surface area contributed by atoms with E-state index in [0.29, 0.717) is 5.57 Å². The maximum Gasteiger partial charge on any atom is 0.337 e. The molecule has 1 aromatic carbocycles. The summed E-state index contributed by atoms with van der Waals surface area (Å²) in [5.41, 5.74) is 5.44. The fourth-order valence-corrected chi connectivity index (χ4v) is 2.73. The maximum absolute atomic E-state index is 11.7. The van der Waals surface area contributed by atoms with Crippen LogP contribution in [0.1, 0.15) is 42.4 Å². The van der Waals surface area contributed by atoms with Crippen molar-refractivity contribution in [1.29, 1.82) is 0 Å². The second-order valence-corrected chi connectivity index (χ2v) is 5.29. The third-order valence-corrected chi connectivity index (χ3v) is 3.96. The molecule has 2 heteroatoms. The van der Waals surface area contributed by atoms with Crippen molar-refractivity contribution in [2.75, 3.05) is 7.11 Å². The van der Waals surface area contributed by atoms with E-state index in [2.05, 4.69) is 25.6 Å². The molecule has 1 aromatic rings. The van der Waals surface area contributed by atoms with Crippen LogP contribution in [0, 0.1) is 6.92 Å². The van der Waals surface area contributed by atoms with E-state index >= 15 is 0 Å². The van der Waals surface area contributed by atoms with Crippen molar-refractivity contribution in [2.45, 2.75) is 32.6 Å². The van der Waals surface area contributed by atoms with Gasteiger partial charge in [-0.15, -0.1) is 0 Å². The lowest BCUT2D eigenvalue weighted by Crippen LogP contribution is -2.03. The van der Waals surface area contributed by atoms with E-state index in [0.717, 1.165) is 18.4 Å². The number of allylic oxidation sites excluding steroid dienone is 2. The highest BCUT2D eigenvalue weighted by atomic mass is 16.5. The monoisotopic (exact) mass is 282 g/mol. The smallest absolute Gasteiger partial charge is 0.337 e. The molecule has 0 saturated carbocycles. The molecule has 0 spiro atoms. The topological polar surface area (TPSA) is 26.3 Å². The minimum absolute atomic E-state index is 0.355. The van der Waals surface area contributed by atoms with Gasteiger partial charge >= 0.3 is 5.97 Å². The zero-order chi connectivity index (χ0) is 15.2. The fraction of sp³-hybridized carbons (Fsp3) is 0.316. The molecule has 0 bridgehead atoms. The predicted molar refractivity (Wildman–Crippen MR) is 87.8 cm³/mol. The lowest BCUT2D eigenvalue weighted by molar-refractivity contribution is -0.135. The summed E-state index contributed by atoms with van der Waals surface area (Å²) in [6.45, 7) is 5.79. The van der Waals surface area contributed by atoms with Gasteiger partial charge in [-0.05, 0) is 60.9 Å². The molecule has 0 amide bonds. The van der Waals surface area contributed by atoms with Crippen LogP contribution in [0.3, 0.4) is 0 Å². The van der Waals surface area contributed by atoms with E-state index in [-0.39, 0.29) is 5.97 Å². The predicted octanol–water partition coefficient (Wildman–Crippen LogP) is 4.69. The van der Waals surface area contributed by atoms with Crippen LogP contribution in [0.5, 0.6) is 0 Å². The Bertz CT molecular complexity index is 606. The van der Waals surface area contributed by atoms with Crippen LogP contribution in [0.4, 0.5) is 0 Å². The molecule has 0 atom stereocenters. The summed E-state index contributed by atoms with van der Waals surface area (Å²) in [6.07, 6.45) is 10.6. The van der Waals surface area contributed by atoms with Crippen LogP contribution in [-0.4, -0.2) is 13.1 Å². The van der Waals surface area contributed by atoms with Crippen LogP contribution >= 0.6 is 0 Å². The Balaban J connectivity index is 2.42. The van der Waals surface area contributed by atoms with E-state index in [1.165, 1.54) is 42.7 Å². The highest BCUT2D eigenvalue weighted by Crippen LogP contribution is 2.30. The molecule has 21 heavy (non-hydrogen) atoms. The molecule has 0 N–H and O–H groups in total. The molecular weight excluding hydrogens is 260 g/mol. The van der Waals surface area contributed by atoms with Gasteiger partial charge in [0.1, 0.15) is 0 Å². The van der Waals surface area contributed by atoms with E-state index in [4.69, 9.17) is 4.74 Å². The molecule has 0 aliphatic heterocycles. The first kappa shape index (κ1) is 15.3. The molecule has 0 aromatic heterocycles. The average Bonchev–Trinajstić information content (AvgIpc) is 2.54.